The van der Waals surface area contributed by atoms with Crippen LogP contribution in [0.15, 0.2) is 47.4 Å². The zero-order chi connectivity index (χ0) is 15.4. The van der Waals surface area contributed by atoms with Crippen molar-refractivity contribution >= 4 is 5.91 Å². The Hall–Kier alpha value is -2.36. The predicted octanol–water partition coefficient (Wildman–Crippen LogP) is 2.34. The van der Waals surface area contributed by atoms with Gasteiger partial charge in [-0.05, 0) is 43.5 Å². The summed E-state index contributed by atoms with van der Waals surface area (Å²) in [5.74, 6) is -0.172. The van der Waals surface area contributed by atoms with Crippen molar-refractivity contribution in [3.8, 4) is 0 Å². The normalized spacial score (nSPS) is 12.0. The first-order valence-electron chi connectivity index (χ1n) is 6.99. The van der Waals surface area contributed by atoms with Crippen molar-refractivity contribution in [1.82, 2.24) is 9.88 Å². The fourth-order valence-electron chi connectivity index (χ4n) is 2.15. The van der Waals surface area contributed by atoms with Crippen molar-refractivity contribution in [1.29, 1.82) is 0 Å². The van der Waals surface area contributed by atoms with Crippen LogP contribution in [0.4, 0.5) is 0 Å². The third-order valence-corrected chi connectivity index (χ3v) is 3.62. The second-order valence-electron chi connectivity index (χ2n) is 5.30. The third-order valence-electron chi connectivity index (χ3n) is 3.62. The molecule has 1 atom stereocenters. The molecule has 0 spiro atoms. The van der Waals surface area contributed by atoms with Crippen LogP contribution in [0.25, 0.3) is 0 Å². The van der Waals surface area contributed by atoms with Gasteiger partial charge in [-0.3, -0.25) is 9.59 Å². The first-order chi connectivity index (χ1) is 9.97. The summed E-state index contributed by atoms with van der Waals surface area (Å²) < 4.78 is 1.39. The lowest BCUT2D eigenvalue weighted by Gasteiger charge is -2.16. The zero-order valence-electron chi connectivity index (χ0n) is 12.6. The maximum atomic E-state index is 12.0. The van der Waals surface area contributed by atoms with Gasteiger partial charge in [0, 0.05) is 12.3 Å². The molecule has 0 saturated carbocycles. The molecule has 0 aliphatic heterocycles. The average Bonchev–Trinajstić information content (AvgIpc) is 2.44. The number of amides is 1. The highest BCUT2D eigenvalue weighted by atomic mass is 16.2. The van der Waals surface area contributed by atoms with Crippen LogP contribution in [0.2, 0.25) is 0 Å². The standard InChI is InChI=1S/C17H20N2O2/c1-12-7-8-15(10-13(12)2)14(3)18-16(20)11-19-9-5-4-6-17(19)21/h4-10,14H,11H2,1-3H3,(H,18,20). The van der Waals surface area contributed by atoms with Crippen LogP contribution in [0.1, 0.15) is 29.7 Å². The molecule has 0 radical (unpaired) electrons. The molecule has 1 amide bonds. The highest BCUT2D eigenvalue weighted by molar-refractivity contribution is 5.76. The Morgan fingerprint density at radius 1 is 1.19 bits per heavy atom. The lowest BCUT2D eigenvalue weighted by Crippen LogP contribution is -2.33. The van der Waals surface area contributed by atoms with Gasteiger partial charge in [-0.15, -0.1) is 0 Å². The lowest BCUT2D eigenvalue weighted by atomic mass is 10.0. The van der Waals surface area contributed by atoms with Crippen molar-refractivity contribution < 1.29 is 4.79 Å². The van der Waals surface area contributed by atoms with E-state index in [2.05, 4.69) is 31.3 Å². The molecule has 21 heavy (non-hydrogen) atoms. The number of hydrogen-bond donors (Lipinski definition) is 1. The molecule has 1 aromatic carbocycles. The van der Waals surface area contributed by atoms with E-state index in [4.69, 9.17) is 0 Å². The van der Waals surface area contributed by atoms with E-state index in [1.165, 1.54) is 21.8 Å². The molecular formula is C17H20N2O2. The smallest absolute Gasteiger partial charge is 0.250 e. The fourth-order valence-corrected chi connectivity index (χ4v) is 2.15. The second-order valence-corrected chi connectivity index (χ2v) is 5.30. The Morgan fingerprint density at radius 3 is 2.62 bits per heavy atom. The summed E-state index contributed by atoms with van der Waals surface area (Å²) in [7, 11) is 0. The maximum Gasteiger partial charge on any atom is 0.250 e. The van der Waals surface area contributed by atoms with Crippen molar-refractivity contribution in [3.05, 3.63) is 69.6 Å². The molecule has 1 N–H and O–H groups in total. The van der Waals surface area contributed by atoms with Crippen molar-refractivity contribution in [2.75, 3.05) is 0 Å². The second kappa shape index (κ2) is 6.39. The molecule has 1 heterocycles. The fraction of sp³-hybridized carbons (Fsp3) is 0.294. The predicted molar refractivity (Wildman–Crippen MR) is 83.2 cm³/mol. The number of aromatic nitrogens is 1. The number of rotatable bonds is 4. The van der Waals surface area contributed by atoms with E-state index in [-0.39, 0.29) is 24.1 Å². The molecule has 0 aliphatic rings. The number of nitrogens with one attached hydrogen (secondary N) is 1. The molecule has 1 aromatic heterocycles. The highest BCUT2D eigenvalue weighted by Crippen LogP contribution is 2.16. The van der Waals surface area contributed by atoms with Gasteiger partial charge in [0.05, 0.1) is 6.04 Å². The summed E-state index contributed by atoms with van der Waals surface area (Å²) in [6.07, 6.45) is 1.61. The molecule has 110 valence electrons. The topological polar surface area (TPSA) is 51.1 Å². The zero-order valence-corrected chi connectivity index (χ0v) is 12.6. The number of pyridine rings is 1. The van der Waals surface area contributed by atoms with E-state index >= 15 is 0 Å². The van der Waals surface area contributed by atoms with Gasteiger partial charge in [-0.1, -0.05) is 24.3 Å². The minimum Gasteiger partial charge on any atom is -0.348 e. The maximum absolute atomic E-state index is 12.0. The molecule has 2 aromatic rings. The summed E-state index contributed by atoms with van der Waals surface area (Å²) in [5, 5.41) is 2.92. The molecule has 0 aliphatic carbocycles. The molecule has 0 bridgehead atoms. The Kier molecular flexibility index (Phi) is 4.58. The highest BCUT2D eigenvalue weighted by Gasteiger charge is 2.11. The Morgan fingerprint density at radius 2 is 1.95 bits per heavy atom. The number of nitrogens with zero attached hydrogens (tertiary/aromatic N) is 1. The molecule has 0 fully saturated rings. The summed E-state index contributed by atoms with van der Waals surface area (Å²) in [6.45, 7) is 6.09. The molecule has 1 unspecified atom stereocenters. The summed E-state index contributed by atoms with van der Waals surface area (Å²) >= 11 is 0. The molecule has 2 rings (SSSR count). The SMILES string of the molecule is Cc1ccc(C(C)NC(=O)Cn2ccccc2=O)cc1C. The number of carbonyl (C=O) groups is 1. The number of benzene rings is 1. The first kappa shape index (κ1) is 15.0. The van der Waals surface area contributed by atoms with Crippen LogP contribution in [0.3, 0.4) is 0 Å². The minimum absolute atomic E-state index is 0.0366. The summed E-state index contributed by atoms with van der Waals surface area (Å²) in [4.78, 5) is 23.6. The van der Waals surface area contributed by atoms with Crippen molar-refractivity contribution in [2.45, 2.75) is 33.4 Å². The quantitative estimate of drug-likeness (QED) is 0.937. The monoisotopic (exact) mass is 284 g/mol. The van der Waals surface area contributed by atoms with E-state index < -0.39 is 0 Å². The minimum atomic E-state index is -0.175. The van der Waals surface area contributed by atoms with Crippen LogP contribution in [-0.4, -0.2) is 10.5 Å². The van der Waals surface area contributed by atoms with E-state index in [0.717, 1.165) is 5.56 Å². The lowest BCUT2D eigenvalue weighted by molar-refractivity contribution is -0.122. The van der Waals surface area contributed by atoms with E-state index in [1.54, 1.807) is 18.3 Å². The largest absolute Gasteiger partial charge is 0.348 e. The van der Waals surface area contributed by atoms with E-state index in [0.29, 0.717) is 0 Å². The average molecular weight is 284 g/mol. The number of carbonyl (C=O) groups excluding carboxylic acids is 1. The number of hydrogen-bond acceptors (Lipinski definition) is 2. The molecule has 4 heteroatoms. The van der Waals surface area contributed by atoms with Crippen LogP contribution >= 0.6 is 0 Å². The van der Waals surface area contributed by atoms with E-state index in [9.17, 15) is 9.59 Å². The van der Waals surface area contributed by atoms with Gasteiger partial charge in [0.2, 0.25) is 5.91 Å². The van der Waals surface area contributed by atoms with Crippen LogP contribution in [-0.2, 0) is 11.3 Å². The van der Waals surface area contributed by atoms with Gasteiger partial charge >= 0.3 is 0 Å². The van der Waals surface area contributed by atoms with Crippen molar-refractivity contribution in [3.63, 3.8) is 0 Å². The van der Waals surface area contributed by atoms with Crippen LogP contribution < -0.4 is 10.9 Å². The Balaban J connectivity index is 2.04. The summed E-state index contributed by atoms with van der Waals surface area (Å²) in [5.41, 5.74) is 3.32. The van der Waals surface area contributed by atoms with Gasteiger partial charge in [-0.2, -0.15) is 0 Å². The van der Waals surface area contributed by atoms with Gasteiger partial charge < -0.3 is 9.88 Å². The molecule has 0 saturated heterocycles. The number of aryl methyl sites for hydroxylation is 2. The Bertz CT molecular complexity index is 704. The van der Waals surface area contributed by atoms with Gasteiger partial charge in [0.15, 0.2) is 0 Å². The van der Waals surface area contributed by atoms with Gasteiger partial charge in [0.1, 0.15) is 6.54 Å². The van der Waals surface area contributed by atoms with Gasteiger partial charge in [-0.25, -0.2) is 0 Å². The van der Waals surface area contributed by atoms with Crippen molar-refractivity contribution in [2.24, 2.45) is 0 Å². The van der Waals surface area contributed by atoms with Crippen LogP contribution in [0.5, 0.6) is 0 Å². The first-order valence-corrected chi connectivity index (χ1v) is 6.99. The molecule has 4 nitrogen and oxygen atoms in total. The third kappa shape index (κ3) is 3.81. The Labute approximate surface area is 124 Å². The summed E-state index contributed by atoms with van der Waals surface area (Å²) in [6, 6.07) is 10.9. The van der Waals surface area contributed by atoms with E-state index in [1.807, 2.05) is 13.0 Å². The van der Waals surface area contributed by atoms with Gasteiger partial charge in [0.25, 0.3) is 5.56 Å². The molecular weight excluding hydrogens is 264 g/mol. The van der Waals surface area contributed by atoms with Crippen LogP contribution in [0, 0.1) is 13.8 Å².